The lowest BCUT2D eigenvalue weighted by Gasteiger charge is -2.25. The number of nitrogens with two attached hydrogens (primary N) is 1. The van der Waals surface area contributed by atoms with Gasteiger partial charge in [-0.3, -0.25) is 0 Å². The molecule has 3 N–H and O–H groups in total. The SMILES string of the molecule is CC(C)(C)[S@@+]([O-])N[C@H](N)c1ccc(Br)s1. The Morgan fingerprint density at radius 1 is 1.53 bits per heavy atom. The van der Waals surface area contributed by atoms with Crippen LogP contribution in [0.4, 0.5) is 0 Å². The lowest BCUT2D eigenvalue weighted by molar-refractivity contribution is 0.528. The van der Waals surface area contributed by atoms with Crippen LogP contribution in [-0.2, 0) is 11.4 Å². The zero-order valence-corrected chi connectivity index (χ0v) is 12.1. The van der Waals surface area contributed by atoms with Crippen molar-refractivity contribution in [2.75, 3.05) is 0 Å². The summed E-state index contributed by atoms with van der Waals surface area (Å²) in [5.74, 6) is 0. The summed E-state index contributed by atoms with van der Waals surface area (Å²) in [5.41, 5.74) is 5.89. The van der Waals surface area contributed by atoms with Crippen molar-refractivity contribution in [1.29, 1.82) is 0 Å². The first-order chi connectivity index (χ1) is 6.80. The summed E-state index contributed by atoms with van der Waals surface area (Å²) in [6.07, 6.45) is -0.374. The van der Waals surface area contributed by atoms with E-state index in [0.29, 0.717) is 0 Å². The van der Waals surface area contributed by atoms with E-state index in [0.717, 1.165) is 8.66 Å². The van der Waals surface area contributed by atoms with Gasteiger partial charge in [-0.1, -0.05) is 0 Å². The smallest absolute Gasteiger partial charge is 0.137 e. The average molecular weight is 311 g/mol. The molecule has 0 radical (unpaired) electrons. The van der Waals surface area contributed by atoms with Crippen LogP contribution in [0.1, 0.15) is 31.8 Å². The molecule has 1 aromatic rings. The van der Waals surface area contributed by atoms with Crippen molar-refractivity contribution in [3.63, 3.8) is 0 Å². The van der Waals surface area contributed by atoms with Crippen LogP contribution in [0.5, 0.6) is 0 Å². The second-order valence-electron chi connectivity index (χ2n) is 4.12. The molecule has 0 aliphatic rings. The molecule has 86 valence electrons. The van der Waals surface area contributed by atoms with Gasteiger partial charge in [0.15, 0.2) is 0 Å². The third kappa shape index (κ3) is 4.05. The highest BCUT2D eigenvalue weighted by molar-refractivity contribution is 9.11. The molecule has 1 aromatic heterocycles. The van der Waals surface area contributed by atoms with Crippen LogP contribution in [0.2, 0.25) is 0 Å². The Bertz CT molecular complexity index is 324. The fourth-order valence-electron chi connectivity index (χ4n) is 0.846. The average Bonchev–Trinajstić information content (AvgIpc) is 2.50. The van der Waals surface area contributed by atoms with Crippen LogP contribution < -0.4 is 10.5 Å². The van der Waals surface area contributed by atoms with Gasteiger partial charge < -0.3 is 10.3 Å². The van der Waals surface area contributed by atoms with Crippen molar-refractivity contribution in [3.8, 4) is 0 Å². The lowest BCUT2D eigenvalue weighted by Crippen LogP contribution is -2.43. The Morgan fingerprint density at radius 2 is 2.13 bits per heavy atom. The summed E-state index contributed by atoms with van der Waals surface area (Å²) in [6.45, 7) is 5.73. The van der Waals surface area contributed by atoms with Crippen LogP contribution in [-0.4, -0.2) is 9.30 Å². The van der Waals surface area contributed by atoms with Crippen LogP contribution in [0.15, 0.2) is 15.9 Å². The minimum atomic E-state index is -1.14. The van der Waals surface area contributed by atoms with Gasteiger partial charge in [0.05, 0.1) is 3.79 Å². The highest BCUT2D eigenvalue weighted by Gasteiger charge is 2.28. The van der Waals surface area contributed by atoms with E-state index in [4.69, 9.17) is 5.73 Å². The van der Waals surface area contributed by atoms with Gasteiger partial charge in [-0.25, -0.2) is 0 Å². The number of rotatable bonds is 3. The van der Waals surface area contributed by atoms with Crippen molar-refractivity contribution >= 4 is 38.6 Å². The van der Waals surface area contributed by atoms with Gasteiger partial charge in [0.25, 0.3) is 0 Å². The molecule has 0 aliphatic carbocycles. The number of nitrogens with one attached hydrogen (secondary N) is 1. The summed E-state index contributed by atoms with van der Waals surface area (Å²) >= 11 is 3.77. The summed E-state index contributed by atoms with van der Waals surface area (Å²) in [6, 6.07) is 3.85. The number of halogens is 1. The molecule has 0 unspecified atom stereocenters. The van der Waals surface area contributed by atoms with Crippen LogP contribution >= 0.6 is 27.3 Å². The standard InChI is InChI=1S/C9H15BrN2OS2/c1-9(2,3)15(13)12-8(11)6-4-5-7(10)14-6/h4-5,8,12H,11H2,1-3H3/t8-,15+/m0/s1. The highest BCUT2D eigenvalue weighted by Crippen LogP contribution is 2.26. The second kappa shape index (κ2) is 5.16. The third-order valence-corrected chi connectivity index (χ3v) is 4.98. The predicted octanol–water partition coefficient (Wildman–Crippen LogP) is 2.52. The van der Waals surface area contributed by atoms with Crippen molar-refractivity contribution < 1.29 is 4.55 Å². The van der Waals surface area contributed by atoms with E-state index >= 15 is 0 Å². The lowest BCUT2D eigenvalue weighted by atomic mass is 10.3. The van der Waals surface area contributed by atoms with E-state index in [1.165, 1.54) is 0 Å². The van der Waals surface area contributed by atoms with Gasteiger partial charge >= 0.3 is 0 Å². The maximum Gasteiger partial charge on any atom is 0.137 e. The monoisotopic (exact) mass is 310 g/mol. The topological polar surface area (TPSA) is 61.1 Å². The molecule has 1 heterocycles. The van der Waals surface area contributed by atoms with Crippen molar-refractivity contribution in [1.82, 2.24) is 4.72 Å². The molecule has 0 spiro atoms. The molecule has 2 atom stereocenters. The minimum Gasteiger partial charge on any atom is -0.598 e. The maximum atomic E-state index is 11.8. The Hall–Kier alpha value is 0.410. The fourth-order valence-corrected chi connectivity index (χ4v) is 3.01. The van der Waals surface area contributed by atoms with E-state index in [9.17, 15) is 4.55 Å². The van der Waals surface area contributed by atoms with Gasteiger partial charge in [-0.15, -0.1) is 16.1 Å². The third-order valence-electron chi connectivity index (χ3n) is 1.69. The van der Waals surface area contributed by atoms with E-state index in [2.05, 4.69) is 20.7 Å². The summed E-state index contributed by atoms with van der Waals surface area (Å²) in [7, 11) is 0. The molecule has 3 nitrogen and oxygen atoms in total. The maximum absolute atomic E-state index is 11.8. The van der Waals surface area contributed by atoms with Gasteiger partial charge in [-0.2, -0.15) is 0 Å². The molecule has 0 saturated heterocycles. The molecule has 0 aromatic carbocycles. The van der Waals surface area contributed by atoms with E-state index in [1.54, 1.807) is 11.3 Å². The summed E-state index contributed by atoms with van der Waals surface area (Å²) in [4.78, 5) is 0.972. The molecule has 1 rings (SSSR count). The van der Waals surface area contributed by atoms with E-state index in [1.807, 2.05) is 32.9 Å². The van der Waals surface area contributed by atoms with E-state index in [-0.39, 0.29) is 10.9 Å². The minimum absolute atomic E-state index is 0.299. The molecule has 15 heavy (non-hydrogen) atoms. The fraction of sp³-hybridized carbons (Fsp3) is 0.556. The molecule has 0 aliphatic heterocycles. The Labute approximate surface area is 106 Å². The zero-order valence-electron chi connectivity index (χ0n) is 8.91. The summed E-state index contributed by atoms with van der Waals surface area (Å²) < 4.78 is 15.4. The number of hydrogen-bond donors (Lipinski definition) is 2. The zero-order chi connectivity index (χ0) is 11.6. The first kappa shape index (κ1) is 13.5. The van der Waals surface area contributed by atoms with Gasteiger partial charge in [0.2, 0.25) is 0 Å². The van der Waals surface area contributed by atoms with Gasteiger partial charge in [0.1, 0.15) is 10.9 Å². The Kier molecular flexibility index (Phi) is 4.64. The van der Waals surface area contributed by atoms with Crippen molar-refractivity contribution in [2.24, 2.45) is 5.73 Å². The first-order valence-electron chi connectivity index (χ1n) is 4.49. The molecule has 6 heteroatoms. The second-order valence-corrected chi connectivity index (χ2v) is 8.61. The molecular weight excluding hydrogens is 296 g/mol. The van der Waals surface area contributed by atoms with Crippen LogP contribution in [0.3, 0.4) is 0 Å². The normalized spacial score (nSPS) is 16.4. The van der Waals surface area contributed by atoms with Crippen molar-refractivity contribution in [3.05, 3.63) is 20.8 Å². The molecule has 0 amide bonds. The highest BCUT2D eigenvalue weighted by atomic mass is 79.9. The predicted molar refractivity (Wildman–Crippen MR) is 70.0 cm³/mol. The molecular formula is C9H15BrN2OS2. The molecule has 0 bridgehead atoms. The Balaban J connectivity index is 2.60. The Morgan fingerprint density at radius 3 is 2.53 bits per heavy atom. The largest absolute Gasteiger partial charge is 0.598 e. The van der Waals surface area contributed by atoms with Crippen LogP contribution in [0.25, 0.3) is 0 Å². The van der Waals surface area contributed by atoms with Gasteiger partial charge in [-0.05, 0) is 48.8 Å². The van der Waals surface area contributed by atoms with Gasteiger partial charge in [0, 0.05) is 16.2 Å². The summed E-state index contributed by atoms with van der Waals surface area (Å²) in [5, 5.41) is 0. The molecule has 0 saturated carbocycles. The molecule has 0 fully saturated rings. The van der Waals surface area contributed by atoms with Crippen LogP contribution in [0, 0.1) is 0 Å². The van der Waals surface area contributed by atoms with Crippen molar-refractivity contribution in [2.45, 2.75) is 31.7 Å². The first-order valence-corrected chi connectivity index (χ1v) is 7.25. The number of thiophene rings is 1. The quantitative estimate of drug-likeness (QED) is 0.666. The van der Waals surface area contributed by atoms with E-state index < -0.39 is 11.4 Å². The number of hydrogen-bond acceptors (Lipinski definition) is 4.